The zero-order valence-corrected chi connectivity index (χ0v) is 4.67. The minimum absolute atomic E-state index is 0.250. The Morgan fingerprint density at radius 3 is 1.22 bits per heavy atom. The van der Waals surface area contributed by atoms with Gasteiger partial charge in [-0.2, -0.15) is 17.6 Å². The summed E-state index contributed by atoms with van der Waals surface area (Å²) in [5.41, 5.74) is 0. The lowest BCUT2D eigenvalue weighted by Crippen LogP contribution is -1.57. The van der Waals surface area contributed by atoms with Gasteiger partial charge in [0.25, 0.3) is 0 Å². The Bertz CT molecular complexity index is 72.6. The second-order valence-electron chi connectivity index (χ2n) is 0.837. The van der Waals surface area contributed by atoms with E-state index >= 15 is 0 Å². The van der Waals surface area contributed by atoms with E-state index in [9.17, 15) is 17.6 Å². The van der Waals surface area contributed by atoms with Gasteiger partial charge in [0, 0.05) is 6.61 Å². The maximum absolute atomic E-state index is 10.3. The van der Waals surface area contributed by atoms with Crippen molar-refractivity contribution in [1.82, 2.24) is 0 Å². The molecule has 9 heavy (non-hydrogen) atoms. The normalized spacial score (nSPS) is 7.33. The number of aliphatic hydroxyl groups excluding tert-OH is 1. The summed E-state index contributed by atoms with van der Waals surface area (Å²) in [4.78, 5) is 0. The van der Waals surface area contributed by atoms with E-state index in [4.69, 9.17) is 5.11 Å². The highest BCUT2D eigenvalue weighted by atomic mass is 19.3. The van der Waals surface area contributed by atoms with Gasteiger partial charge in [-0.25, -0.2) is 0 Å². The van der Waals surface area contributed by atoms with E-state index in [-0.39, 0.29) is 6.61 Å². The highest BCUT2D eigenvalue weighted by molar-refractivity contribution is 4.77. The number of aliphatic hydroxyl groups is 1. The Morgan fingerprint density at radius 1 is 1.11 bits per heavy atom. The summed E-state index contributed by atoms with van der Waals surface area (Å²) < 4.78 is 41.1. The SMILES string of the molecule is CCO.FC(F)=C(F)F. The Hall–Kier alpha value is -0.580. The summed E-state index contributed by atoms with van der Waals surface area (Å²) >= 11 is 0. The fourth-order valence-electron chi connectivity index (χ4n) is 0. The van der Waals surface area contributed by atoms with Crippen LogP contribution in [-0.2, 0) is 0 Å². The molecule has 56 valence electrons. The predicted molar refractivity (Wildman–Crippen MR) is 24.2 cm³/mol. The van der Waals surface area contributed by atoms with Crippen LogP contribution in [0.15, 0.2) is 12.2 Å². The first-order valence-corrected chi connectivity index (χ1v) is 2.03. The van der Waals surface area contributed by atoms with Crippen LogP contribution in [0.3, 0.4) is 0 Å². The fourth-order valence-corrected chi connectivity index (χ4v) is 0. The van der Waals surface area contributed by atoms with Crippen molar-refractivity contribution in [2.24, 2.45) is 0 Å². The van der Waals surface area contributed by atoms with Crippen LogP contribution in [0.1, 0.15) is 6.92 Å². The molecule has 0 amide bonds. The number of hydrogen-bond donors (Lipinski definition) is 1. The second kappa shape index (κ2) is 7.42. The molecule has 0 rings (SSSR count). The van der Waals surface area contributed by atoms with Crippen LogP contribution in [0.4, 0.5) is 17.6 Å². The highest BCUT2D eigenvalue weighted by Gasteiger charge is 1.98. The van der Waals surface area contributed by atoms with Gasteiger partial charge >= 0.3 is 12.2 Å². The van der Waals surface area contributed by atoms with E-state index in [1.54, 1.807) is 6.92 Å². The van der Waals surface area contributed by atoms with E-state index in [2.05, 4.69) is 0 Å². The van der Waals surface area contributed by atoms with E-state index in [1.807, 2.05) is 0 Å². The number of hydrogen-bond acceptors (Lipinski definition) is 1. The molecule has 0 aliphatic carbocycles. The van der Waals surface area contributed by atoms with Crippen molar-refractivity contribution < 1.29 is 22.7 Å². The van der Waals surface area contributed by atoms with Crippen molar-refractivity contribution in [3.05, 3.63) is 12.2 Å². The molecular weight excluding hydrogens is 140 g/mol. The molecule has 0 saturated carbocycles. The van der Waals surface area contributed by atoms with Crippen molar-refractivity contribution in [3.63, 3.8) is 0 Å². The largest absolute Gasteiger partial charge is 0.397 e. The molecule has 1 nitrogen and oxygen atoms in total. The number of rotatable bonds is 0. The Balaban J connectivity index is 0. The molecule has 0 bridgehead atoms. The summed E-state index contributed by atoms with van der Waals surface area (Å²) in [5.74, 6) is 0. The van der Waals surface area contributed by atoms with E-state index in [0.717, 1.165) is 0 Å². The van der Waals surface area contributed by atoms with Gasteiger partial charge in [-0.15, -0.1) is 0 Å². The van der Waals surface area contributed by atoms with Crippen molar-refractivity contribution in [1.29, 1.82) is 0 Å². The lowest BCUT2D eigenvalue weighted by molar-refractivity contribution is 0.308. The summed E-state index contributed by atoms with van der Waals surface area (Å²) in [6, 6.07) is 0. The van der Waals surface area contributed by atoms with Gasteiger partial charge in [0.15, 0.2) is 0 Å². The van der Waals surface area contributed by atoms with Crippen molar-refractivity contribution in [2.75, 3.05) is 6.61 Å². The quantitative estimate of drug-likeness (QED) is 0.518. The molecule has 0 heterocycles. The summed E-state index contributed by atoms with van der Waals surface area (Å²) in [5, 5.41) is 7.57. The van der Waals surface area contributed by atoms with Crippen molar-refractivity contribution in [2.45, 2.75) is 6.92 Å². The van der Waals surface area contributed by atoms with Gasteiger partial charge in [0.05, 0.1) is 0 Å². The van der Waals surface area contributed by atoms with Gasteiger partial charge in [-0.05, 0) is 6.92 Å². The van der Waals surface area contributed by atoms with Crippen molar-refractivity contribution >= 4 is 0 Å². The molecule has 0 aromatic carbocycles. The predicted octanol–water partition coefficient (Wildman–Crippen LogP) is 1.99. The first-order chi connectivity index (χ1) is 4.06. The van der Waals surface area contributed by atoms with Crippen LogP contribution in [0, 0.1) is 0 Å². The van der Waals surface area contributed by atoms with Crippen LogP contribution in [0.25, 0.3) is 0 Å². The molecule has 0 fully saturated rings. The lowest BCUT2D eigenvalue weighted by atomic mass is 10.9. The zero-order valence-electron chi connectivity index (χ0n) is 4.67. The molecule has 0 aliphatic heterocycles. The van der Waals surface area contributed by atoms with Crippen molar-refractivity contribution in [3.8, 4) is 0 Å². The van der Waals surface area contributed by atoms with Gasteiger partial charge < -0.3 is 5.11 Å². The zero-order chi connectivity index (χ0) is 7.86. The van der Waals surface area contributed by atoms with Gasteiger partial charge in [0.2, 0.25) is 0 Å². The molecule has 0 saturated heterocycles. The molecule has 0 aliphatic rings. The third-order valence-electron chi connectivity index (χ3n) is 0.143. The molecule has 0 atom stereocenters. The molecule has 0 radical (unpaired) electrons. The molecule has 0 aromatic heterocycles. The van der Waals surface area contributed by atoms with Crippen LogP contribution in [0.2, 0.25) is 0 Å². The minimum atomic E-state index is -2.91. The maximum Gasteiger partial charge on any atom is 0.334 e. The third-order valence-corrected chi connectivity index (χ3v) is 0.143. The Kier molecular flexibility index (Phi) is 9.27. The van der Waals surface area contributed by atoms with Gasteiger partial charge in [0.1, 0.15) is 0 Å². The average molecular weight is 146 g/mol. The molecule has 0 spiro atoms. The molecular formula is C4H6F4O. The van der Waals surface area contributed by atoms with E-state index in [1.165, 1.54) is 0 Å². The summed E-state index contributed by atoms with van der Waals surface area (Å²) in [7, 11) is 0. The summed E-state index contributed by atoms with van der Waals surface area (Å²) in [6.45, 7) is 1.93. The monoisotopic (exact) mass is 146 g/mol. The summed E-state index contributed by atoms with van der Waals surface area (Å²) in [6.07, 6.45) is -5.81. The van der Waals surface area contributed by atoms with Gasteiger partial charge in [-0.1, -0.05) is 0 Å². The molecule has 5 heteroatoms. The first kappa shape index (κ1) is 11.2. The standard InChI is InChI=1S/C2F4.C2H6O/c3-1(4)2(5)6;1-2-3/h;3H,2H2,1H3. The molecule has 1 N–H and O–H groups in total. The Labute approximate surface area is 49.6 Å². The minimum Gasteiger partial charge on any atom is -0.397 e. The Morgan fingerprint density at radius 2 is 1.22 bits per heavy atom. The maximum atomic E-state index is 10.3. The van der Waals surface area contributed by atoms with Crippen LogP contribution >= 0.6 is 0 Å². The average Bonchev–Trinajstić information content (AvgIpc) is 1.68. The second-order valence-corrected chi connectivity index (χ2v) is 0.837. The first-order valence-electron chi connectivity index (χ1n) is 2.03. The number of halogens is 4. The third kappa shape index (κ3) is 18.6. The van der Waals surface area contributed by atoms with Crippen LogP contribution in [-0.4, -0.2) is 11.7 Å². The van der Waals surface area contributed by atoms with E-state index < -0.39 is 12.2 Å². The van der Waals surface area contributed by atoms with E-state index in [0.29, 0.717) is 0 Å². The highest BCUT2D eigenvalue weighted by Crippen LogP contribution is 2.08. The fraction of sp³-hybridized carbons (Fsp3) is 0.500. The molecule has 0 aromatic rings. The van der Waals surface area contributed by atoms with Gasteiger partial charge in [-0.3, -0.25) is 0 Å². The van der Waals surface area contributed by atoms with Crippen LogP contribution in [0.5, 0.6) is 0 Å². The lowest BCUT2D eigenvalue weighted by Gasteiger charge is -1.69. The smallest absolute Gasteiger partial charge is 0.334 e. The topological polar surface area (TPSA) is 20.2 Å². The molecule has 0 unspecified atom stereocenters. The van der Waals surface area contributed by atoms with Crippen LogP contribution < -0.4 is 0 Å².